The van der Waals surface area contributed by atoms with Crippen LogP contribution < -0.4 is 5.56 Å². The van der Waals surface area contributed by atoms with Gasteiger partial charge in [0.1, 0.15) is 0 Å². The van der Waals surface area contributed by atoms with Crippen molar-refractivity contribution in [3.8, 4) is 0 Å². The third-order valence-electron chi connectivity index (χ3n) is 3.97. The van der Waals surface area contributed by atoms with Gasteiger partial charge in [-0.05, 0) is 36.1 Å². The van der Waals surface area contributed by atoms with Gasteiger partial charge >= 0.3 is 0 Å². The summed E-state index contributed by atoms with van der Waals surface area (Å²) < 4.78 is 1.73. The minimum atomic E-state index is -0.0707. The molecule has 0 radical (unpaired) electrons. The second-order valence-corrected chi connectivity index (χ2v) is 5.90. The number of rotatable bonds is 3. The van der Waals surface area contributed by atoms with Gasteiger partial charge in [0.25, 0.3) is 5.56 Å². The molecule has 112 valence electrons. The number of aryl methyl sites for hydroxylation is 1. The largest absolute Gasteiger partial charge is 0.291 e. The van der Waals surface area contributed by atoms with E-state index in [1.165, 1.54) is 0 Å². The van der Waals surface area contributed by atoms with Crippen LogP contribution in [0.5, 0.6) is 0 Å². The molecule has 22 heavy (non-hydrogen) atoms. The van der Waals surface area contributed by atoms with Crippen LogP contribution in [0.3, 0.4) is 0 Å². The van der Waals surface area contributed by atoms with Crippen LogP contribution in [0.4, 0.5) is 0 Å². The highest BCUT2D eigenvalue weighted by Gasteiger charge is 2.20. The van der Waals surface area contributed by atoms with Gasteiger partial charge in [-0.15, -0.1) is 0 Å². The minimum absolute atomic E-state index is 0.00347. The Morgan fingerprint density at radius 2 is 1.95 bits per heavy atom. The molecule has 0 bridgehead atoms. The smallest absolute Gasteiger partial charge is 0.261 e. The molecule has 0 aliphatic rings. The van der Waals surface area contributed by atoms with Crippen molar-refractivity contribution in [1.29, 1.82) is 0 Å². The predicted molar refractivity (Wildman–Crippen MR) is 88.0 cm³/mol. The molecule has 3 aromatic rings. The average molecular weight is 293 g/mol. The van der Waals surface area contributed by atoms with E-state index in [-0.39, 0.29) is 17.5 Å². The summed E-state index contributed by atoms with van der Waals surface area (Å²) in [7, 11) is 0. The zero-order valence-electron chi connectivity index (χ0n) is 13.0. The number of fused-ring (bicyclic) bond motifs is 1. The van der Waals surface area contributed by atoms with Gasteiger partial charge in [0.05, 0.1) is 23.3 Å². The molecule has 0 spiro atoms. The molecular weight excluding hydrogens is 274 g/mol. The van der Waals surface area contributed by atoms with Crippen LogP contribution in [0.2, 0.25) is 0 Å². The van der Waals surface area contributed by atoms with E-state index in [1.54, 1.807) is 17.1 Å². The minimum Gasteiger partial charge on any atom is -0.291 e. The number of para-hydroxylation sites is 1. The normalized spacial score (nSPS) is 12.7. The van der Waals surface area contributed by atoms with Crippen LogP contribution in [-0.4, -0.2) is 14.5 Å². The highest BCUT2D eigenvalue weighted by atomic mass is 16.1. The summed E-state index contributed by atoms with van der Waals surface area (Å²) in [6, 6.07) is 9.55. The van der Waals surface area contributed by atoms with Gasteiger partial charge in [-0.2, -0.15) is 0 Å². The second kappa shape index (κ2) is 5.72. The maximum absolute atomic E-state index is 12.9. The van der Waals surface area contributed by atoms with E-state index in [0.717, 1.165) is 16.6 Å². The standard InChI is InChI=1S/C18H19N3O/c1-12(2)17(14-7-5-9-19-10-14)21-11-20-16-13(3)6-4-8-15(16)18(21)22/h4-12,17H,1-3H3. The van der Waals surface area contributed by atoms with Gasteiger partial charge in [-0.1, -0.05) is 32.0 Å². The number of hydrogen-bond acceptors (Lipinski definition) is 3. The first-order valence-corrected chi connectivity index (χ1v) is 7.46. The average Bonchev–Trinajstić information content (AvgIpc) is 2.51. The fourth-order valence-electron chi connectivity index (χ4n) is 2.93. The van der Waals surface area contributed by atoms with Gasteiger partial charge in [0.15, 0.2) is 0 Å². The van der Waals surface area contributed by atoms with Crippen molar-refractivity contribution >= 4 is 10.9 Å². The molecule has 0 amide bonds. The fourth-order valence-corrected chi connectivity index (χ4v) is 2.93. The van der Waals surface area contributed by atoms with Crippen LogP contribution in [0.15, 0.2) is 53.8 Å². The Hall–Kier alpha value is -2.49. The van der Waals surface area contributed by atoms with Gasteiger partial charge < -0.3 is 0 Å². The Morgan fingerprint density at radius 3 is 2.64 bits per heavy atom. The monoisotopic (exact) mass is 293 g/mol. The number of hydrogen-bond donors (Lipinski definition) is 0. The van der Waals surface area contributed by atoms with Crippen molar-refractivity contribution in [2.24, 2.45) is 5.92 Å². The molecule has 0 fully saturated rings. The maximum Gasteiger partial charge on any atom is 0.261 e. The van der Waals surface area contributed by atoms with E-state index in [4.69, 9.17) is 0 Å². The summed E-state index contributed by atoms with van der Waals surface area (Å²) in [6.45, 7) is 6.18. The molecule has 0 saturated carbocycles. The molecular formula is C18H19N3O. The molecule has 4 heteroatoms. The molecule has 3 rings (SSSR count). The number of benzene rings is 1. The summed E-state index contributed by atoms with van der Waals surface area (Å²) in [6.07, 6.45) is 5.22. The highest BCUT2D eigenvalue weighted by molar-refractivity contribution is 5.80. The van der Waals surface area contributed by atoms with E-state index in [0.29, 0.717) is 5.39 Å². The quantitative estimate of drug-likeness (QED) is 0.744. The molecule has 4 nitrogen and oxygen atoms in total. The summed E-state index contributed by atoms with van der Waals surface area (Å²) in [4.78, 5) is 21.6. The Morgan fingerprint density at radius 1 is 1.14 bits per heavy atom. The van der Waals surface area contributed by atoms with Crippen LogP contribution in [0, 0.1) is 12.8 Å². The van der Waals surface area contributed by atoms with Gasteiger partial charge in [-0.3, -0.25) is 14.3 Å². The molecule has 1 atom stereocenters. The summed E-state index contributed by atoms with van der Waals surface area (Å²) in [5.41, 5.74) is 2.81. The lowest BCUT2D eigenvalue weighted by atomic mass is 9.97. The summed E-state index contributed by atoms with van der Waals surface area (Å²) in [5, 5.41) is 0.664. The molecule has 0 saturated heterocycles. The van der Waals surface area contributed by atoms with E-state index in [9.17, 15) is 4.79 Å². The fraction of sp³-hybridized carbons (Fsp3) is 0.278. The van der Waals surface area contributed by atoms with Gasteiger partial charge in [-0.25, -0.2) is 4.98 Å². The molecule has 0 aliphatic heterocycles. The number of aromatic nitrogens is 3. The van der Waals surface area contributed by atoms with Crippen molar-refractivity contribution in [3.05, 3.63) is 70.5 Å². The lowest BCUT2D eigenvalue weighted by Gasteiger charge is -2.23. The van der Waals surface area contributed by atoms with Gasteiger partial charge in [0.2, 0.25) is 0 Å². The van der Waals surface area contributed by atoms with Crippen LogP contribution in [0.1, 0.15) is 31.0 Å². The third kappa shape index (κ3) is 2.41. The first-order valence-electron chi connectivity index (χ1n) is 7.46. The molecule has 2 aromatic heterocycles. The topological polar surface area (TPSA) is 47.8 Å². The van der Waals surface area contributed by atoms with Gasteiger partial charge in [0, 0.05) is 12.4 Å². The second-order valence-electron chi connectivity index (χ2n) is 5.90. The Bertz CT molecular complexity index is 853. The first-order chi connectivity index (χ1) is 10.6. The lowest BCUT2D eigenvalue weighted by Crippen LogP contribution is -2.29. The van der Waals surface area contributed by atoms with Crippen molar-refractivity contribution < 1.29 is 0 Å². The molecule has 2 heterocycles. The van der Waals surface area contributed by atoms with Crippen molar-refractivity contribution in [2.75, 3.05) is 0 Å². The Balaban J connectivity index is 2.24. The molecule has 1 aromatic carbocycles. The summed E-state index contributed by atoms with van der Waals surface area (Å²) in [5.74, 6) is 0.256. The third-order valence-corrected chi connectivity index (χ3v) is 3.97. The summed E-state index contributed by atoms with van der Waals surface area (Å²) >= 11 is 0. The first kappa shape index (κ1) is 14.4. The zero-order valence-corrected chi connectivity index (χ0v) is 13.0. The van der Waals surface area contributed by atoms with E-state index in [1.807, 2.05) is 43.5 Å². The van der Waals surface area contributed by atoms with Crippen LogP contribution in [0.25, 0.3) is 10.9 Å². The number of nitrogens with zero attached hydrogens (tertiary/aromatic N) is 3. The van der Waals surface area contributed by atoms with E-state index >= 15 is 0 Å². The SMILES string of the molecule is Cc1cccc2c(=O)n(C(c3cccnc3)C(C)C)cnc12. The lowest BCUT2D eigenvalue weighted by molar-refractivity contribution is 0.423. The van der Waals surface area contributed by atoms with Crippen LogP contribution in [-0.2, 0) is 0 Å². The van der Waals surface area contributed by atoms with Crippen molar-refractivity contribution in [2.45, 2.75) is 26.8 Å². The molecule has 0 aliphatic carbocycles. The van der Waals surface area contributed by atoms with Crippen molar-refractivity contribution in [1.82, 2.24) is 14.5 Å². The maximum atomic E-state index is 12.9. The van der Waals surface area contributed by atoms with E-state index < -0.39 is 0 Å². The molecule has 1 unspecified atom stereocenters. The zero-order chi connectivity index (χ0) is 15.7. The Kier molecular flexibility index (Phi) is 3.75. The number of pyridine rings is 1. The van der Waals surface area contributed by atoms with E-state index in [2.05, 4.69) is 23.8 Å². The highest BCUT2D eigenvalue weighted by Crippen LogP contribution is 2.25. The van der Waals surface area contributed by atoms with Crippen molar-refractivity contribution in [3.63, 3.8) is 0 Å². The van der Waals surface area contributed by atoms with Crippen LogP contribution >= 0.6 is 0 Å². The Labute approximate surface area is 129 Å². The molecule has 0 N–H and O–H groups in total. The predicted octanol–water partition coefficient (Wildman–Crippen LogP) is 3.35.